The van der Waals surface area contributed by atoms with Crippen LogP contribution < -0.4 is 10.5 Å². The van der Waals surface area contributed by atoms with Gasteiger partial charge in [-0.3, -0.25) is 4.52 Å². The molecule has 5 N–H and O–H groups in total. The van der Waals surface area contributed by atoms with Crippen LogP contribution in [0.1, 0.15) is 29.5 Å². The molecule has 0 aliphatic carbocycles. The largest absolute Gasteiger partial charge is 0.493 e. The lowest BCUT2D eigenvalue weighted by molar-refractivity contribution is -0.139. The van der Waals surface area contributed by atoms with Gasteiger partial charge in [-0.15, -0.1) is 0 Å². The van der Waals surface area contributed by atoms with Crippen LogP contribution in [0.3, 0.4) is 0 Å². The number of benzene rings is 2. The molecule has 0 aromatic heterocycles. The van der Waals surface area contributed by atoms with E-state index in [9.17, 15) is 31.6 Å². The van der Waals surface area contributed by atoms with Crippen LogP contribution in [0.15, 0.2) is 36.4 Å². The van der Waals surface area contributed by atoms with Crippen LogP contribution in [0.4, 0.5) is 22.0 Å². The van der Waals surface area contributed by atoms with E-state index in [2.05, 4.69) is 4.52 Å². The molecule has 0 saturated heterocycles. The van der Waals surface area contributed by atoms with Gasteiger partial charge in [-0.25, -0.2) is 13.3 Å². The molecule has 0 radical (unpaired) electrons. The first kappa shape index (κ1) is 28.2. The standard InChI is InChI=1S/C21H25F5NO6P/c22-16-5-4-15(18(23)11-16)2-1-9-32-19-6-3-14(10-17(19)21(24,25)26)7-8-20(27,12-28)13-33-34(29,30)31/h3-6,10-11,28H,1-2,7-9,12-13,27H2,(H2,29,30,31). The maximum atomic E-state index is 13.7. The summed E-state index contributed by atoms with van der Waals surface area (Å²) in [5, 5.41) is 9.42. The van der Waals surface area contributed by atoms with Gasteiger partial charge in [0, 0.05) is 6.07 Å². The predicted octanol–water partition coefficient (Wildman–Crippen LogP) is 3.73. The van der Waals surface area contributed by atoms with Crippen LogP contribution in [-0.4, -0.2) is 40.3 Å². The number of aliphatic hydroxyl groups excluding tert-OH is 1. The molecular formula is C21H25F5NO6P. The van der Waals surface area contributed by atoms with Gasteiger partial charge in [0.05, 0.1) is 30.9 Å². The zero-order valence-electron chi connectivity index (χ0n) is 17.9. The molecule has 1 unspecified atom stereocenters. The summed E-state index contributed by atoms with van der Waals surface area (Å²) in [6.45, 7) is -1.56. The van der Waals surface area contributed by atoms with Gasteiger partial charge in [-0.05, 0) is 55.0 Å². The second kappa shape index (κ2) is 11.6. The van der Waals surface area contributed by atoms with Crippen molar-refractivity contribution in [2.24, 2.45) is 5.73 Å². The zero-order valence-corrected chi connectivity index (χ0v) is 18.8. The van der Waals surface area contributed by atoms with Crippen molar-refractivity contribution in [1.82, 2.24) is 0 Å². The van der Waals surface area contributed by atoms with Crippen LogP contribution in [0.2, 0.25) is 0 Å². The lowest BCUT2D eigenvalue weighted by Crippen LogP contribution is -2.48. The summed E-state index contributed by atoms with van der Waals surface area (Å²) in [4.78, 5) is 17.6. The Bertz CT molecular complexity index is 1020. The molecule has 0 saturated carbocycles. The average Bonchev–Trinajstić information content (AvgIpc) is 2.74. The number of hydrogen-bond donors (Lipinski definition) is 4. The lowest BCUT2D eigenvalue weighted by Gasteiger charge is -2.27. The number of aryl methyl sites for hydroxylation is 2. The first-order chi connectivity index (χ1) is 15.7. The highest BCUT2D eigenvalue weighted by atomic mass is 31.2. The maximum absolute atomic E-state index is 13.7. The zero-order chi connectivity index (χ0) is 25.6. The van der Waals surface area contributed by atoms with Crippen molar-refractivity contribution in [3.8, 4) is 5.75 Å². The highest BCUT2D eigenvalue weighted by Crippen LogP contribution is 2.38. The van der Waals surface area contributed by atoms with Crippen molar-refractivity contribution in [3.63, 3.8) is 0 Å². The Hall–Kier alpha value is -2.08. The second-order valence-corrected chi connectivity index (χ2v) is 9.04. The van der Waals surface area contributed by atoms with Crippen LogP contribution in [0.25, 0.3) is 0 Å². The van der Waals surface area contributed by atoms with E-state index in [-0.39, 0.29) is 43.4 Å². The Labute approximate surface area is 192 Å². The first-order valence-electron chi connectivity index (χ1n) is 10.1. The molecule has 2 rings (SSSR count). The molecule has 0 aliphatic rings. The van der Waals surface area contributed by atoms with Gasteiger partial charge < -0.3 is 25.4 Å². The maximum Gasteiger partial charge on any atom is 0.469 e. The smallest absolute Gasteiger partial charge is 0.469 e. The summed E-state index contributed by atoms with van der Waals surface area (Å²) in [6, 6.07) is 6.42. The molecule has 13 heteroatoms. The van der Waals surface area contributed by atoms with Crippen molar-refractivity contribution >= 4 is 7.82 Å². The van der Waals surface area contributed by atoms with Crippen LogP contribution in [0, 0.1) is 11.6 Å². The molecule has 0 heterocycles. The van der Waals surface area contributed by atoms with Gasteiger partial charge in [0.1, 0.15) is 17.4 Å². The van der Waals surface area contributed by atoms with E-state index in [0.29, 0.717) is 0 Å². The molecule has 34 heavy (non-hydrogen) atoms. The highest BCUT2D eigenvalue weighted by molar-refractivity contribution is 7.46. The molecule has 7 nitrogen and oxygen atoms in total. The third-order valence-corrected chi connectivity index (χ3v) is 5.42. The van der Waals surface area contributed by atoms with Crippen LogP contribution >= 0.6 is 7.82 Å². The summed E-state index contributed by atoms with van der Waals surface area (Å²) in [5.74, 6) is -1.90. The minimum Gasteiger partial charge on any atom is -0.493 e. The van der Waals surface area contributed by atoms with Gasteiger partial charge in [0.2, 0.25) is 0 Å². The Kier molecular flexibility index (Phi) is 9.58. The summed E-state index contributed by atoms with van der Waals surface area (Å²) >= 11 is 0. The fourth-order valence-electron chi connectivity index (χ4n) is 3.05. The van der Waals surface area contributed by atoms with E-state index in [0.717, 1.165) is 24.3 Å². The van der Waals surface area contributed by atoms with Crippen molar-refractivity contribution in [1.29, 1.82) is 0 Å². The number of aliphatic hydroxyl groups is 1. The van der Waals surface area contributed by atoms with Gasteiger partial charge in [0.25, 0.3) is 0 Å². The van der Waals surface area contributed by atoms with Gasteiger partial charge in [-0.1, -0.05) is 12.1 Å². The molecule has 0 fully saturated rings. The minimum atomic E-state index is -4.84. The summed E-state index contributed by atoms with van der Waals surface area (Å²) in [5.41, 5.74) is 3.63. The van der Waals surface area contributed by atoms with E-state index in [1.807, 2.05) is 0 Å². The number of nitrogens with two attached hydrogens (primary N) is 1. The topological polar surface area (TPSA) is 122 Å². The number of halogens is 5. The van der Waals surface area contributed by atoms with Crippen molar-refractivity contribution in [2.75, 3.05) is 19.8 Å². The number of phosphoric ester groups is 1. The Balaban J connectivity index is 2.03. The third kappa shape index (κ3) is 8.94. The monoisotopic (exact) mass is 513 g/mol. The normalized spacial score (nSPS) is 14.1. The van der Waals surface area contributed by atoms with E-state index in [1.54, 1.807) is 0 Å². The number of phosphoric acid groups is 1. The second-order valence-electron chi connectivity index (χ2n) is 7.80. The first-order valence-corrected chi connectivity index (χ1v) is 11.6. The molecular weight excluding hydrogens is 488 g/mol. The summed E-state index contributed by atoms with van der Waals surface area (Å²) in [6.07, 6.45) is -4.58. The van der Waals surface area contributed by atoms with Crippen LogP contribution in [0.5, 0.6) is 5.75 Å². The SMILES string of the molecule is NC(CO)(CCc1ccc(OCCCc2ccc(F)cc2F)c(C(F)(F)F)c1)COP(=O)(O)O. The average molecular weight is 513 g/mol. The molecule has 0 amide bonds. The fraction of sp³-hybridized carbons (Fsp3) is 0.429. The van der Waals surface area contributed by atoms with E-state index < -0.39 is 55.7 Å². The van der Waals surface area contributed by atoms with Crippen molar-refractivity contribution in [2.45, 2.75) is 37.4 Å². The van der Waals surface area contributed by atoms with Crippen LogP contribution in [-0.2, 0) is 28.1 Å². The number of rotatable bonds is 12. The lowest BCUT2D eigenvalue weighted by atomic mass is 9.93. The Morgan fingerprint density at radius 1 is 1.03 bits per heavy atom. The molecule has 2 aromatic rings. The predicted molar refractivity (Wildman–Crippen MR) is 112 cm³/mol. The quantitative estimate of drug-likeness (QED) is 0.194. The van der Waals surface area contributed by atoms with Gasteiger partial charge in [0.15, 0.2) is 0 Å². The van der Waals surface area contributed by atoms with Crippen molar-refractivity contribution in [3.05, 3.63) is 64.7 Å². The van der Waals surface area contributed by atoms with Gasteiger partial charge in [-0.2, -0.15) is 13.2 Å². The highest BCUT2D eigenvalue weighted by Gasteiger charge is 2.35. The van der Waals surface area contributed by atoms with E-state index in [4.69, 9.17) is 20.3 Å². The number of alkyl halides is 3. The number of ether oxygens (including phenoxy) is 1. The number of hydrogen-bond acceptors (Lipinski definition) is 5. The molecule has 0 aliphatic heterocycles. The van der Waals surface area contributed by atoms with E-state index in [1.165, 1.54) is 12.1 Å². The summed E-state index contributed by atoms with van der Waals surface area (Å²) < 4.78 is 87.7. The minimum absolute atomic E-state index is 0.0468. The van der Waals surface area contributed by atoms with E-state index >= 15 is 0 Å². The molecule has 190 valence electrons. The summed E-state index contributed by atoms with van der Waals surface area (Å²) in [7, 11) is -4.84. The van der Waals surface area contributed by atoms with Gasteiger partial charge >= 0.3 is 14.0 Å². The third-order valence-electron chi connectivity index (χ3n) is 4.96. The molecule has 0 bridgehead atoms. The fourth-order valence-corrected chi connectivity index (χ4v) is 3.48. The van der Waals surface area contributed by atoms with Crippen molar-refractivity contribution < 1.29 is 50.7 Å². The Morgan fingerprint density at radius 2 is 1.74 bits per heavy atom. The Morgan fingerprint density at radius 3 is 2.32 bits per heavy atom. The molecule has 0 spiro atoms. The molecule has 1 atom stereocenters. The molecule has 2 aromatic carbocycles.